The predicted octanol–water partition coefficient (Wildman–Crippen LogP) is 2.07. The van der Waals surface area contributed by atoms with Crippen molar-refractivity contribution in [1.29, 1.82) is 0 Å². The fourth-order valence-corrected chi connectivity index (χ4v) is 1.56. The Morgan fingerprint density at radius 1 is 1.43 bits per heavy atom. The van der Waals surface area contributed by atoms with E-state index in [-0.39, 0.29) is 6.61 Å². The van der Waals surface area contributed by atoms with Gasteiger partial charge in [-0.3, -0.25) is 4.90 Å². The van der Waals surface area contributed by atoms with Crippen LogP contribution in [0.1, 0.15) is 11.1 Å². The molecule has 0 saturated heterocycles. The zero-order valence-electron chi connectivity index (χ0n) is 8.63. The van der Waals surface area contributed by atoms with Crippen molar-refractivity contribution in [3.05, 3.63) is 34.3 Å². The van der Waals surface area contributed by atoms with E-state index in [1.807, 2.05) is 37.1 Å². The monoisotopic (exact) mass is 213 g/mol. The molecule has 0 radical (unpaired) electrons. The first-order valence-electron chi connectivity index (χ1n) is 4.68. The minimum atomic E-state index is 0.180. The first-order chi connectivity index (χ1) is 6.65. The SMILES string of the molecule is Cc1cccc(CN(C)CCO)c1Cl. The van der Waals surface area contributed by atoms with E-state index >= 15 is 0 Å². The molecule has 0 spiro atoms. The molecule has 78 valence electrons. The number of likely N-dealkylation sites (N-methyl/N-ethyl adjacent to an activating group) is 1. The number of aliphatic hydroxyl groups is 1. The lowest BCUT2D eigenvalue weighted by molar-refractivity contribution is 0.217. The Hall–Kier alpha value is -0.570. The minimum absolute atomic E-state index is 0.180. The van der Waals surface area contributed by atoms with Gasteiger partial charge in [-0.2, -0.15) is 0 Å². The molecule has 1 aromatic carbocycles. The molecule has 0 aliphatic carbocycles. The van der Waals surface area contributed by atoms with E-state index in [1.54, 1.807) is 0 Å². The number of hydrogen-bond acceptors (Lipinski definition) is 2. The quantitative estimate of drug-likeness (QED) is 0.828. The van der Waals surface area contributed by atoms with Gasteiger partial charge in [-0.15, -0.1) is 0 Å². The highest BCUT2D eigenvalue weighted by Gasteiger charge is 2.05. The van der Waals surface area contributed by atoms with E-state index in [1.165, 1.54) is 0 Å². The van der Waals surface area contributed by atoms with E-state index in [2.05, 4.69) is 0 Å². The van der Waals surface area contributed by atoms with Crippen molar-refractivity contribution in [2.75, 3.05) is 20.2 Å². The molecular weight excluding hydrogens is 198 g/mol. The summed E-state index contributed by atoms with van der Waals surface area (Å²) in [5.41, 5.74) is 2.21. The molecular formula is C11H16ClNO. The maximum Gasteiger partial charge on any atom is 0.0558 e. The molecule has 14 heavy (non-hydrogen) atoms. The molecule has 1 rings (SSSR count). The number of nitrogens with zero attached hydrogens (tertiary/aromatic N) is 1. The third-order valence-electron chi connectivity index (χ3n) is 2.19. The van der Waals surface area contributed by atoms with Crippen molar-refractivity contribution in [2.24, 2.45) is 0 Å². The Kier molecular flexibility index (Phi) is 4.39. The summed E-state index contributed by atoms with van der Waals surface area (Å²) in [6, 6.07) is 6.02. The normalized spacial score (nSPS) is 10.9. The second-order valence-electron chi connectivity index (χ2n) is 3.51. The van der Waals surface area contributed by atoms with E-state index < -0.39 is 0 Å². The highest BCUT2D eigenvalue weighted by molar-refractivity contribution is 6.32. The first-order valence-corrected chi connectivity index (χ1v) is 5.06. The molecule has 0 aromatic heterocycles. The highest BCUT2D eigenvalue weighted by Crippen LogP contribution is 2.21. The molecule has 1 aromatic rings. The van der Waals surface area contributed by atoms with Crippen molar-refractivity contribution in [3.8, 4) is 0 Å². The van der Waals surface area contributed by atoms with E-state index in [0.717, 1.165) is 22.7 Å². The molecule has 1 N–H and O–H groups in total. The fraction of sp³-hybridized carbons (Fsp3) is 0.455. The van der Waals surface area contributed by atoms with Gasteiger partial charge >= 0.3 is 0 Å². The van der Waals surface area contributed by atoms with Gasteiger partial charge < -0.3 is 5.11 Å². The van der Waals surface area contributed by atoms with Gasteiger partial charge in [0.2, 0.25) is 0 Å². The summed E-state index contributed by atoms with van der Waals surface area (Å²) < 4.78 is 0. The topological polar surface area (TPSA) is 23.5 Å². The fourth-order valence-electron chi connectivity index (χ4n) is 1.37. The number of aliphatic hydroxyl groups excluding tert-OH is 1. The minimum Gasteiger partial charge on any atom is -0.395 e. The van der Waals surface area contributed by atoms with Crippen molar-refractivity contribution < 1.29 is 5.11 Å². The zero-order chi connectivity index (χ0) is 10.6. The number of aryl methyl sites for hydroxylation is 1. The van der Waals surface area contributed by atoms with Crippen LogP contribution in [0.4, 0.5) is 0 Å². The number of hydrogen-bond donors (Lipinski definition) is 1. The van der Waals surface area contributed by atoms with Gasteiger partial charge in [0.15, 0.2) is 0 Å². The molecule has 0 atom stereocenters. The van der Waals surface area contributed by atoms with Crippen LogP contribution in [-0.2, 0) is 6.54 Å². The van der Waals surface area contributed by atoms with Crippen LogP contribution in [0, 0.1) is 6.92 Å². The summed E-state index contributed by atoms with van der Waals surface area (Å²) in [7, 11) is 1.97. The van der Waals surface area contributed by atoms with Crippen molar-refractivity contribution in [2.45, 2.75) is 13.5 Å². The molecule has 0 fully saturated rings. The Morgan fingerprint density at radius 2 is 2.14 bits per heavy atom. The van der Waals surface area contributed by atoms with Crippen LogP contribution in [0.15, 0.2) is 18.2 Å². The average Bonchev–Trinajstić information content (AvgIpc) is 2.13. The second kappa shape index (κ2) is 5.35. The second-order valence-corrected chi connectivity index (χ2v) is 3.89. The summed E-state index contributed by atoms with van der Waals surface area (Å²) in [5.74, 6) is 0. The van der Waals surface area contributed by atoms with Crippen molar-refractivity contribution in [1.82, 2.24) is 4.90 Å². The first kappa shape index (κ1) is 11.5. The summed E-state index contributed by atoms with van der Waals surface area (Å²) in [5, 5.41) is 9.59. The molecule has 2 nitrogen and oxygen atoms in total. The van der Waals surface area contributed by atoms with Gasteiger partial charge in [0.1, 0.15) is 0 Å². The van der Waals surface area contributed by atoms with Crippen LogP contribution in [-0.4, -0.2) is 30.2 Å². The lowest BCUT2D eigenvalue weighted by Gasteiger charge is -2.16. The maximum absolute atomic E-state index is 8.76. The largest absolute Gasteiger partial charge is 0.395 e. The van der Waals surface area contributed by atoms with Gasteiger partial charge in [-0.25, -0.2) is 0 Å². The van der Waals surface area contributed by atoms with Crippen LogP contribution in [0.5, 0.6) is 0 Å². The molecule has 0 amide bonds. The standard InChI is InChI=1S/C11H16ClNO/c1-9-4-3-5-10(11(9)12)8-13(2)6-7-14/h3-5,14H,6-8H2,1-2H3. The molecule has 0 saturated carbocycles. The molecule has 0 heterocycles. The third-order valence-corrected chi connectivity index (χ3v) is 2.73. The molecule has 0 aliphatic rings. The van der Waals surface area contributed by atoms with E-state index in [9.17, 15) is 0 Å². The lowest BCUT2D eigenvalue weighted by Crippen LogP contribution is -2.21. The summed E-state index contributed by atoms with van der Waals surface area (Å²) in [4.78, 5) is 2.04. The van der Waals surface area contributed by atoms with E-state index in [0.29, 0.717) is 6.54 Å². The van der Waals surface area contributed by atoms with Crippen LogP contribution >= 0.6 is 11.6 Å². The Bertz CT molecular complexity index is 301. The maximum atomic E-state index is 8.76. The smallest absolute Gasteiger partial charge is 0.0558 e. The highest BCUT2D eigenvalue weighted by atomic mass is 35.5. The van der Waals surface area contributed by atoms with Crippen LogP contribution in [0.25, 0.3) is 0 Å². The van der Waals surface area contributed by atoms with Gasteiger partial charge in [0.25, 0.3) is 0 Å². The Morgan fingerprint density at radius 3 is 2.79 bits per heavy atom. The average molecular weight is 214 g/mol. The van der Waals surface area contributed by atoms with Gasteiger partial charge in [-0.05, 0) is 25.1 Å². The van der Waals surface area contributed by atoms with Crippen LogP contribution < -0.4 is 0 Å². The van der Waals surface area contributed by atoms with E-state index in [4.69, 9.17) is 16.7 Å². The molecule has 0 aliphatic heterocycles. The third kappa shape index (κ3) is 2.98. The van der Waals surface area contributed by atoms with Crippen molar-refractivity contribution >= 4 is 11.6 Å². The van der Waals surface area contributed by atoms with Crippen LogP contribution in [0.3, 0.4) is 0 Å². The molecule has 0 unspecified atom stereocenters. The van der Waals surface area contributed by atoms with Crippen molar-refractivity contribution in [3.63, 3.8) is 0 Å². The predicted molar refractivity (Wildman–Crippen MR) is 59.6 cm³/mol. The summed E-state index contributed by atoms with van der Waals surface area (Å²) >= 11 is 6.15. The van der Waals surface area contributed by atoms with Gasteiger partial charge in [0, 0.05) is 18.1 Å². The Balaban J connectivity index is 2.71. The summed E-state index contributed by atoms with van der Waals surface area (Å²) in [6.07, 6.45) is 0. The Labute approximate surface area is 90.1 Å². The zero-order valence-corrected chi connectivity index (χ0v) is 9.38. The van der Waals surface area contributed by atoms with Gasteiger partial charge in [-0.1, -0.05) is 29.8 Å². The molecule has 3 heteroatoms. The number of halogens is 1. The lowest BCUT2D eigenvalue weighted by atomic mass is 10.1. The number of rotatable bonds is 4. The van der Waals surface area contributed by atoms with Crippen LogP contribution in [0.2, 0.25) is 5.02 Å². The molecule has 0 bridgehead atoms. The summed E-state index contributed by atoms with van der Waals surface area (Å²) in [6.45, 7) is 3.63. The number of benzene rings is 1. The van der Waals surface area contributed by atoms with Gasteiger partial charge in [0.05, 0.1) is 6.61 Å².